The van der Waals surface area contributed by atoms with Crippen LogP contribution in [0, 0.1) is 31.3 Å². The summed E-state index contributed by atoms with van der Waals surface area (Å²) in [6.07, 6.45) is 0. The van der Waals surface area contributed by atoms with Crippen LogP contribution in [-0.4, -0.2) is 16.1 Å². The average molecular weight is 296 g/mol. The average Bonchev–Trinajstić information content (AvgIpc) is 2.33. The molecule has 0 unspecified atom stereocenters. The van der Waals surface area contributed by atoms with Crippen LogP contribution in [0.25, 0.3) is 0 Å². The number of carboxylic acids is 1. The maximum atomic E-state index is 13.6. The van der Waals surface area contributed by atoms with Gasteiger partial charge in [-0.3, -0.25) is 0 Å². The first kappa shape index (κ1) is 14.8. The van der Waals surface area contributed by atoms with E-state index in [-0.39, 0.29) is 11.4 Å². The molecule has 0 spiro atoms. The lowest BCUT2D eigenvalue weighted by atomic mass is 10.1. The van der Waals surface area contributed by atoms with Crippen LogP contribution in [0.1, 0.15) is 21.6 Å². The smallest absolute Gasteiger partial charge is 0.339 e. The molecule has 2 rings (SSSR count). The van der Waals surface area contributed by atoms with E-state index in [0.717, 1.165) is 6.07 Å². The summed E-state index contributed by atoms with van der Waals surface area (Å²) in [4.78, 5) is 15.2. The van der Waals surface area contributed by atoms with Crippen molar-refractivity contribution < 1.29 is 23.1 Å². The Morgan fingerprint density at radius 3 is 2.48 bits per heavy atom. The van der Waals surface area contributed by atoms with Gasteiger partial charge in [-0.2, -0.15) is 0 Å². The molecule has 0 saturated carbocycles. The van der Waals surface area contributed by atoms with Crippen LogP contribution in [0.15, 0.2) is 18.2 Å². The number of anilines is 2. The van der Waals surface area contributed by atoms with Gasteiger partial charge in [0.05, 0.1) is 5.69 Å². The van der Waals surface area contributed by atoms with Crippen LogP contribution < -0.4 is 5.32 Å². The second-order valence-electron chi connectivity index (χ2n) is 4.48. The van der Waals surface area contributed by atoms with E-state index in [4.69, 9.17) is 0 Å². The number of nitrogens with one attached hydrogen (secondary N) is 1. The van der Waals surface area contributed by atoms with Crippen LogP contribution in [0.2, 0.25) is 0 Å². The summed E-state index contributed by atoms with van der Waals surface area (Å²) < 4.78 is 39.9. The first-order valence-electron chi connectivity index (χ1n) is 5.92. The lowest BCUT2D eigenvalue weighted by Gasteiger charge is -2.13. The van der Waals surface area contributed by atoms with E-state index in [2.05, 4.69) is 10.3 Å². The highest BCUT2D eigenvalue weighted by molar-refractivity contribution is 5.95. The molecule has 0 atom stereocenters. The zero-order valence-electron chi connectivity index (χ0n) is 11.2. The van der Waals surface area contributed by atoms with E-state index in [0.29, 0.717) is 17.3 Å². The summed E-state index contributed by atoms with van der Waals surface area (Å²) in [6.45, 7) is 3.16. The highest BCUT2D eigenvalue weighted by Crippen LogP contribution is 2.26. The number of carboxylic acid groups (broad SMARTS) is 1. The molecule has 1 heterocycles. The first-order chi connectivity index (χ1) is 9.79. The van der Waals surface area contributed by atoms with Crippen LogP contribution >= 0.6 is 0 Å². The van der Waals surface area contributed by atoms with Gasteiger partial charge in [-0.1, -0.05) is 0 Å². The Hall–Kier alpha value is -2.57. The van der Waals surface area contributed by atoms with Crippen molar-refractivity contribution in [3.8, 4) is 0 Å². The molecule has 0 radical (unpaired) electrons. The van der Waals surface area contributed by atoms with Gasteiger partial charge < -0.3 is 10.4 Å². The van der Waals surface area contributed by atoms with Crippen molar-refractivity contribution in [2.24, 2.45) is 0 Å². The summed E-state index contributed by atoms with van der Waals surface area (Å²) >= 11 is 0. The predicted octanol–water partition coefficient (Wildman–Crippen LogP) is 3.56. The molecule has 4 nitrogen and oxygen atoms in total. The van der Waals surface area contributed by atoms with Crippen molar-refractivity contribution in [3.63, 3.8) is 0 Å². The fourth-order valence-corrected chi connectivity index (χ4v) is 1.97. The molecule has 7 heteroatoms. The van der Waals surface area contributed by atoms with E-state index in [1.807, 2.05) is 0 Å². The molecule has 0 bridgehead atoms. The van der Waals surface area contributed by atoms with Crippen molar-refractivity contribution in [3.05, 3.63) is 52.5 Å². The van der Waals surface area contributed by atoms with Crippen LogP contribution in [-0.2, 0) is 0 Å². The van der Waals surface area contributed by atoms with Gasteiger partial charge in [0.15, 0.2) is 11.6 Å². The van der Waals surface area contributed by atoms with Gasteiger partial charge in [-0.25, -0.2) is 22.9 Å². The Labute approximate surface area is 118 Å². The standard InChI is InChI=1S/C14H11F3N2O2/c1-6-3-7(2)18-13(11(6)14(20)21)19-10-5-8(15)4-9(16)12(10)17/h3-5H,1-2H3,(H,18,19)(H,20,21). The Balaban J connectivity index is 2.57. The third-order valence-electron chi connectivity index (χ3n) is 2.80. The molecule has 2 aromatic rings. The molecular weight excluding hydrogens is 285 g/mol. The molecule has 1 aromatic carbocycles. The number of benzene rings is 1. The van der Waals surface area contributed by atoms with E-state index >= 15 is 0 Å². The fraction of sp³-hybridized carbons (Fsp3) is 0.143. The number of hydrogen-bond acceptors (Lipinski definition) is 3. The van der Waals surface area contributed by atoms with Crippen molar-refractivity contribution in [1.29, 1.82) is 0 Å². The SMILES string of the molecule is Cc1cc(C)c(C(=O)O)c(Nc2cc(F)cc(F)c2F)n1. The van der Waals surface area contributed by atoms with Gasteiger partial charge in [-0.05, 0) is 25.5 Å². The number of nitrogens with zero attached hydrogens (tertiary/aromatic N) is 1. The normalized spacial score (nSPS) is 10.5. The minimum absolute atomic E-state index is 0.177. The number of aryl methyl sites for hydroxylation is 2. The monoisotopic (exact) mass is 296 g/mol. The Bertz CT molecular complexity index is 733. The van der Waals surface area contributed by atoms with Crippen molar-refractivity contribution in [1.82, 2.24) is 4.98 Å². The summed E-state index contributed by atoms with van der Waals surface area (Å²) in [5.41, 5.74) is 0.171. The molecule has 1 aromatic heterocycles. The summed E-state index contributed by atoms with van der Waals surface area (Å²) in [6, 6.07) is 2.66. The second kappa shape index (κ2) is 5.43. The molecule has 21 heavy (non-hydrogen) atoms. The second-order valence-corrected chi connectivity index (χ2v) is 4.48. The minimum atomic E-state index is -1.38. The van der Waals surface area contributed by atoms with E-state index in [9.17, 15) is 23.1 Å². The number of hydrogen-bond donors (Lipinski definition) is 2. The van der Waals surface area contributed by atoms with Crippen LogP contribution in [0.5, 0.6) is 0 Å². The number of carbonyl (C=O) groups is 1. The van der Waals surface area contributed by atoms with E-state index in [1.165, 1.54) is 6.07 Å². The van der Waals surface area contributed by atoms with Crippen molar-refractivity contribution in [2.45, 2.75) is 13.8 Å². The topological polar surface area (TPSA) is 62.2 Å². The van der Waals surface area contributed by atoms with Crippen molar-refractivity contribution in [2.75, 3.05) is 5.32 Å². The Kier molecular flexibility index (Phi) is 3.84. The molecular formula is C14H11F3N2O2. The zero-order chi connectivity index (χ0) is 15.7. The number of rotatable bonds is 3. The number of pyridine rings is 1. The predicted molar refractivity (Wildman–Crippen MR) is 70.3 cm³/mol. The first-order valence-corrected chi connectivity index (χ1v) is 5.92. The largest absolute Gasteiger partial charge is 0.478 e. The third kappa shape index (κ3) is 2.96. The quantitative estimate of drug-likeness (QED) is 0.850. The number of aromatic nitrogens is 1. The van der Waals surface area contributed by atoms with Gasteiger partial charge in [0.2, 0.25) is 0 Å². The number of halogens is 3. The minimum Gasteiger partial charge on any atom is -0.478 e. The Morgan fingerprint density at radius 2 is 1.86 bits per heavy atom. The fourth-order valence-electron chi connectivity index (χ4n) is 1.97. The molecule has 0 aliphatic heterocycles. The zero-order valence-corrected chi connectivity index (χ0v) is 11.2. The third-order valence-corrected chi connectivity index (χ3v) is 2.80. The van der Waals surface area contributed by atoms with E-state index < -0.39 is 29.1 Å². The maximum Gasteiger partial charge on any atom is 0.339 e. The maximum absolute atomic E-state index is 13.6. The molecule has 0 saturated heterocycles. The summed E-state index contributed by atoms with van der Waals surface area (Å²) in [7, 11) is 0. The van der Waals surface area contributed by atoms with Gasteiger partial charge in [0.25, 0.3) is 0 Å². The molecule has 2 N–H and O–H groups in total. The summed E-state index contributed by atoms with van der Waals surface area (Å²) in [5.74, 6) is -5.13. The van der Waals surface area contributed by atoms with E-state index in [1.54, 1.807) is 13.8 Å². The van der Waals surface area contributed by atoms with Gasteiger partial charge in [0, 0.05) is 17.8 Å². The lowest BCUT2D eigenvalue weighted by molar-refractivity contribution is 0.0697. The molecule has 0 aliphatic carbocycles. The molecule has 0 fully saturated rings. The van der Waals surface area contributed by atoms with Crippen molar-refractivity contribution >= 4 is 17.5 Å². The molecule has 0 amide bonds. The summed E-state index contributed by atoms with van der Waals surface area (Å²) in [5, 5.41) is 11.5. The van der Waals surface area contributed by atoms with Crippen LogP contribution in [0.4, 0.5) is 24.7 Å². The highest BCUT2D eigenvalue weighted by Gasteiger charge is 2.18. The lowest BCUT2D eigenvalue weighted by Crippen LogP contribution is -2.09. The van der Waals surface area contributed by atoms with Crippen LogP contribution in [0.3, 0.4) is 0 Å². The van der Waals surface area contributed by atoms with Gasteiger partial charge >= 0.3 is 5.97 Å². The van der Waals surface area contributed by atoms with Gasteiger partial charge in [0.1, 0.15) is 17.2 Å². The number of aromatic carboxylic acids is 1. The highest BCUT2D eigenvalue weighted by atomic mass is 19.2. The molecule has 110 valence electrons. The van der Waals surface area contributed by atoms with Gasteiger partial charge in [-0.15, -0.1) is 0 Å². The Morgan fingerprint density at radius 1 is 1.19 bits per heavy atom. The molecule has 0 aliphatic rings.